The zero-order valence-electron chi connectivity index (χ0n) is 15.9. The van der Waals surface area contributed by atoms with Crippen LogP contribution in [0.3, 0.4) is 0 Å². The summed E-state index contributed by atoms with van der Waals surface area (Å²) in [5.41, 5.74) is 7.71. The van der Waals surface area contributed by atoms with E-state index in [1.54, 1.807) is 24.5 Å². The quantitative estimate of drug-likeness (QED) is 0.644. The number of nitrogens with zero attached hydrogens (tertiary/aromatic N) is 3. The number of fused-ring (bicyclic) bond motifs is 1. The summed E-state index contributed by atoms with van der Waals surface area (Å²) in [6.07, 6.45) is 3.40. The monoisotopic (exact) mass is 427 g/mol. The Hall–Kier alpha value is -3.23. The number of ether oxygens (including phenoxy) is 1. The fourth-order valence-electron chi connectivity index (χ4n) is 3.22. The molecule has 2 aromatic heterocycles. The lowest BCUT2D eigenvalue weighted by molar-refractivity contribution is -0.116. The van der Waals surface area contributed by atoms with Gasteiger partial charge in [-0.1, -0.05) is 11.6 Å². The number of amides is 1. The molecule has 1 aromatic carbocycles. The number of nitrogens with two attached hydrogens (primary N) is 1. The number of rotatable bonds is 5. The second-order valence-corrected chi connectivity index (χ2v) is 7.08. The number of anilines is 3. The maximum absolute atomic E-state index is 14.3. The SMILES string of the molecule is NCCC(=O)Nc1cc(N2CCOc3cnc(-c4cc(Cl)ccc4F)cc32)ccn1. The minimum absolute atomic E-state index is 0.201. The number of hydrogen-bond donors (Lipinski definition) is 2. The molecule has 1 aliphatic heterocycles. The van der Waals surface area contributed by atoms with Gasteiger partial charge < -0.3 is 20.7 Å². The predicted octanol–water partition coefficient (Wildman–Crippen LogP) is 3.75. The lowest BCUT2D eigenvalue weighted by Gasteiger charge is -2.31. The first kappa shape index (κ1) is 20.1. The fourth-order valence-corrected chi connectivity index (χ4v) is 3.40. The van der Waals surface area contributed by atoms with E-state index in [4.69, 9.17) is 22.1 Å². The van der Waals surface area contributed by atoms with Gasteiger partial charge >= 0.3 is 0 Å². The molecule has 0 saturated heterocycles. The van der Waals surface area contributed by atoms with E-state index in [-0.39, 0.29) is 18.9 Å². The van der Waals surface area contributed by atoms with Crippen molar-refractivity contribution in [1.82, 2.24) is 9.97 Å². The number of halogens is 2. The Bertz CT molecular complexity index is 1090. The standard InChI is InChI=1S/C21H19ClFN5O2/c22-13-1-2-16(23)15(9-13)17-11-18-19(12-26-17)30-8-7-28(18)14-4-6-25-20(10-14)27-21(29)3-5-24/h1-2,4,6,9-12H,3,5,7-8,24H2,(H,25,27,29). The van der Waals surface area contributed by atoms with Crippen molar-refractivity contribution in [3.05, 3.63) is 59.6 Å². The highest BCUT2D eigenvalue weighted by atomic mass is 35.5. The summed E-state index contributed by atoms with van der Waals surface area (Å²) >= 11 is 6.04. The van der Waals surface area contributed by atoms with Crippen LogP contribution in [0.4, 0.5) is 21.6 Å². The van der Waals surface area contributed by atoms with E-state index >= 15 is 0 Å². The van der Waals surface area contributed by atoms with Gasteiger partial charge in [0.05, 0.1) is 24.1 Å². The summed E-state index contributed by atoms with van der Waals surface area (Å²) < 4.78 is 20.1. The largest absolute Gasteiger partial charge is 0.488 e. The molecular formula is C21H19ClFN5O2. The van der Waals surface area contributed by atoms with Crippen molar-refractivity contribution in [3.8, 4) is 17.0 Å². The second-order valence-electron chi connectivity index (χ2n) is 6.65. The van der Waals surface area contributed by atoms with Crippen molar-refractivity contribution in [2.45, 2.75) is 6.42 Å². The van der Waals surface area contributed by atoms with Crippen LogP contribution in [0.2, 0.25) is 5.02 Å². The smallest absolute Gasteiger partial charge is 0.226 e. The molecule has 3 N–H and O–H groups in total. The Labute approximate surface area is 177 Å². The third-order valence-electron chi connectivity index (χ3n) is 4.61. The van der Waals surface area contributed by atoms with Gasteiger partial charge in [-0.05, 0) is 30.3 Å². The van der Waals surface area contributed by atoms with E-state index in [1.807, 2.05) is 11.0 Å². The Morgan fingerprint density at radius 2 is 2.13 bits per heavy atom. The molecule has 3 aromatic rings. The van der Waals surface area contributed by atoms with E-state index < -0.39 is 5.82 Å². The summed E-state index contributed by atoms with van der Waals surface area (Å²) in [4.78, 5) is 22.4. The average molecular weight is 428 g/mol. The molecule has 1 aliphatic rings. The molecule has 7 nitrogen and oxygen atoms in total. The van der Waals surface area contributed by atoms with E-state index in [9.17, 15) is 9.18 Å². The maximum Gasteiger partial charge on any atom is 0.226 e. The van der Waals surface area contributed by atoms with Crippen molar-refractivity contribution < 1.29 is 13.9 Å². The highest BCUT2D eigenvalue weighted by Crippen LogP contribution is 2.39. The van der Waals surface area contributed by atoms with Crippen molar-refractivity contribution in [3.63, 3.8) is 0 Å². The van der Waals surface area contributed by atoms with Crippen molar-refractivity contribution in [2.75, 3.05) is 29.9 Å². The van der Waals surface area contributed by atoms with Crippen LogP contribution in [0.25, 0.3) is 11.3 Å². The zero-order valence-corrected chi connectivity index (χ0v) is 16.7. The predicted molar refractivity (Wildman–Crippen MR) is 114 cm³/mol. The number of hydrogen-bond acceptors (Lipinski definition) is 6. The van der Waals surface area contributed by atoms with Crippen molar-refractivity contribution in [1.29, 1.82) is 0 Å². The van der Waals surface area contributed by atoms with Crippen LogP contribution < -0.4 is 20.7 Å². The summed E-state index contributed by atoms with van der Waals surface area (Å²) in [7, 11) is 0. The molecule has 154 valence electrons. The van der Waals surface area contributed by atoms with Crippen LogP contribution in [0.15, 0.2) is 48.8 Å². The van der Waals surface area contributed by atoms with Gasteiger partial charge in [0.15, 0.2) is 5.75 Å². The van der Waals surface area contributed by atoms with Gasteiger partial charge in [-0.15, -0.1) is 0 Å². The van der Waals surface area contributed by atoms with Crippen LogP contribution in [-0.2, 0) is 4.79 Å². The first-order chi connectivity index (χ1) is 14.5. The third kappa shape index (κ3) is 4.19. The van der Waals surface area contributed by atoms with Gasteiger partial charge in [0.1, 0.15) is 18.2 Å². The minimum Gasteiger partial charge on any atom is -0.488 e. The molecule has 0 atom stereocenters. The molecular weight excluding hydrogens is 409 g/mol. The van der Waals surface area contributed by atoms with Crippen LogP contribution in [0.5, 0.6) is 5.75 Å². The van der Waals surface area contributed by atoms with Crippen LogP contribution >= 0.6 is 11.6 Å². The molecule has 0 unspecified atom stereocenters. The molecule has 3 heterocycles. The van der Waals surface area contributed by atoms with Crippen LogP contribution in [-0.4, -0.2) is 35.6 Å². The summed E-state index contributed by atoms with van der Waals surface area (Å²) in [5, 5.41) is 3.15. The Morgan fingerprint density at radius 1 is 1.27 bits per heavy atom. The van der Waals surface area contributed by atoms with E-state index in [2.05, 4.69) is 15.3 Å². The van der Waals surface area contributed by atoms with Gasteiger partial charge in [-0.3, -0.25) is 9.78 Å². The Kier molecular flexibility index (Phi) is 5.78. The van der Waals surface area contributed by atoms with Gasteiger partial charge in [-0.2, -0.15) is 0 Å². The topological polar surface area (TPSA) is 93.4 Å². The molecule has 9 heteroatoms. The molecule has 0 aliphatic carbocycles. The normalized spacial score (nSPS) is 12.8. The summed E-state index contributed by atoms with van der Waals surface area (Å²) in [6, 6.07) is 9.70. The first-order valence-corrected chi connectivity index (χ1v) is 9.75. The van der Waals surface area contributed by atoms with Gasteiger partial charge in [0, 0.05) is 41.5 Å². The molecule has 0 radical (unpaired) electrons. The molecule has 30 heavy (non-hydrogen) atoms. The number of nitrogens with one attached hydrogen (secondary N) is 1. The molecule has 0 saturated carbocycles. The molecule has 0 spiro atoms. The molecule has 0 fully saturated rings. The third-order valence-corrected chi connectivity index (χ3v) is 4.84. The summed E-state index contributed by atoms with van der Waals surface area (Å²) in [5.74, 6) is 0.392. The summed E-state index contributed by atoms with van der Waals surface area (Å²) in [6.45, 7) is 1.28. The first-order valence-electron chi connectivity index (χ1n) is 9.37. The molecule has 1 amide bonds. The second kappa shape index (κ2) is 8.64. The van der Waals surface area contributed by atoms with Gasteiger partial charge in [-0.25, -0.2) is 9.37 Å². The van der Waals surface area contributed by atoms with E-state index in [0.717, 1.165) is 11.4 Å². The highest BCUT2D eigenvalue weighted by Gasteiger charge is 2.22. The zero-order chi connectivity index (χ0) is 21.1. The van der Waals surface area contributed by atoms with E-state index in [1.165, 1.54) is 18.2 Å². The number of pyridine rings is 2. The Balaban J connectivity index is 1.70. The average Bonchev–Trinajstić information content (AvgIpc) is 2.75. The van der Waals surface area contributed by atoms with Gasteiger partial charge in [0.25, 0.3) is 0 Å². The fraction of sp³-hybridized carbons (Fsp3) is 0.190. The highest BCUT2D eigenvalue weighted by molar-refractivity contribution is 6.30. The lowest BCUT2D eigenvalue weighted by atomic mass is 10.1. The lowest BCUT2D eigenvalue weighted by Crippen LogP contribution is -2.29. The molecule has 0 bridgehead atoms. The molecule has 4 rings (SSSR count). The number of carbonyl (C=O) groups is 1. The van der Waals surface area contributed by atoms with Crippen LogP contribution in [0.1, 0.15) is 6.42 Å². The van der Waals surface area contributed by atoms with Crippen molar-refractivity contribution in [2.24, 2.45) is 5.73 Å². The number of aromatic nitrogens is 2. The maximum atomic E-state index is 14.3. The number of carbonyl (C=O) groups excluding carboxylic acids is 1. The van der Waals surface area contributed by atoms with Crippen molar-refractivity contribution >= 4 is 34.7 Å². The minimum atomic E-state index is -0.413. The van der Waals surface area contributed by atoms with E-state index in [0.29, 0.717) is 41.0 Å². The number of benzene rings is 1. The van der Waals surface area contributed by atoms with Gasteiger partial charge in [0.2, 0.25) is 5.91 Å². The Morgan fingerprint density at radius 3 is 2.97 bits per heavy atom. The van der Waals surface area contributed by atoms with Crippen LogP contribution in [0, 0.1) is 5.82 Å².